The number of aliphatic hydroxyl groups excluding tert-OH is 1. The topological polar surface area (TPSA) is 64.3 Å². The second-order valence-corrected chi connectivity index (χ2v) is 4.18. The number of aromatic nitrogens is 2. The molecule has 5 heteroatoms. The molecule has 1 rings (SSSR count). The first-order valence-corrected chi connectivity index (χ1v) is 5.22. The molecule has 0 aliphatic heterocycles. The van der Waals surface area contributed by atoms with Crippen LogP contribution in [-0.2, 0) is 21.5 Å². The third-order valence-corrected chi connectivity index (χ3v) is 2.74. The Morgan fingerprint density at radius 1 is 1.69 bits per heavy atom. The number of methoxy groups -OCH3 is 1. The lowest BCUT2D eigenvalue weighted by atomic mass is 9.85. The van der Waals surface area contributed by atoms with Crippen LogP contribution in [0.4, 0.5) is 0 Å². The molecular weight excluding hydrogens is 208 g/mol. The van der Waals surface area contributed by atoms with E-state index in [2.05, 4.69) is 9.72 Å². The Hall–Kier alpha value is -1.36. The molecule has 0 saturated heterocycles. The molecule has 0 amide bonds. The maximum Gasteiger partial charge on any atom is 0.335 e. The van der Waals surface area contributed by atoms with Gasteiger partial charge >= 0.3 is 5.97 Å². The fourth-order valence-electron chi connectivity index (χ4n) is 1.65. The summed E-state index contributed by atoms with van der Waals surface area (Å²) in [6.45, 7) is 6.25. The van der Waals surface area contributed by atoms with E-state index in [1.54, 1.807) is 20.0 Å². The van der Waals surface area contributed by atoms with Crippen molar-refractivity contribution in [3.8, 4) is 0 Å². The van der Waals surface area contributed by atoms with E-state index in [0.717, 1.165) is 6.54 Å². The number of nitrogens with zero attached hydrogens (tertiary/aromatic N) is 2. The minimum atomic E-state index is -1.22. The molecule has 0 saturated carbocycles. The smallest absolute Gasteiger partial charge is 0.335 e. The van der Waals surface area contributed by atoms with Gasteiger partial charge in [0.2, 0.25) is 0 Å². The first-order chi connectivity index (χ1) is 7.45. The van der Waals surface area contributed by atoms with Gasteiger partial charge in [-0.2, -0.15) is 0 Å². The minimum absolute atomic E-state index is 0.643. The van der Waals surface area contributed by atoms with Crippen LogP contribution in [-0.4, -0.2) is 33.8 Å². The predicted molar refractivity (Wildman–Crippen MR) is 58.9 cm³/mol. The van der Waals surface area contributed by atoms with Gasteiger partial charge in [0.1, 0.15) is 5.82 Å². The van der Waals surface area contributed by atoms with Crippen LogP contribution in [0, 0.1) is 0 Å². The minimum Gasteiger partial charge on any atom is -0.467 e. The number of aryl methyl sites for hydroxylation is 1. The number of hydrogen-bond acceptors (Lipinski definition) is 4. The summed E-state index contributed by atoms with van der Waals surface area (Å²) in [7, 11) is 1.26. The number of carbonyl (C=O) groups is 1. The molecule has 1 atom stereocenters. The van der Waals surface area contributed by atoms with E-state index in [1.807, 2.05) is 17.7 Å². The number of hydrogen-bond donors (Lipinski definition) is 1. The normalized spacial score (nSPS) is 13.6. The zero-order chi connectivity index (χ0) is 12.3. The van der Waals surface area contributed by atoms with Gasteiger partial charge < -0.3 is 14.4 Å². The fraction of sp³-hybridized carbons (Fsp3) is 0.636. The van der Waals surface area contributed by atoms with Crippen molar-refractivity contribution in [2.24, 2.45) is 0 Å². The number of carbonyl (C=O) groups excluding carboxylic acids is 1. The van der Waals surface area contributed by atoms with E-state index in [-0.39, 0.29) is 0 Å². The average molecular weight is 226 g/mol. The Morgan fingerprint density at radius 2 is 2.31 bits per heavy atom. The summed E-state index contributed by atoms with van der Waals surface area (Å²) >= 11 is 0. The molecule has 0 fully saturated rings. The fourth-order valence-corrected chi connectivity index (χ4v) is 1.65. The Kier molecular flexibility index (Phi) is 3.70. The maximum absolute atomic E-state index is 11.3. The van der Waals surface area contributed by atoms with Gasteiger partial charge in [-0.15, -0.1) is 0 Å². The van der Waals surface area contributed by atoms with Crippen LogP contribution in [0.3, 0.4) is 0 Å². The van der Waals surface area contributed by atoms with Crippen molar-refractivity contribution in [2.45, 2.75) is 38.8 Å². The third kappa shape index (κ3) is 2.09. The molecule has 1 unspecified atom stereocenters. The van der Waals surface area contributed by atoms with Crippen LogP contribution in [0.25, 0.3) is 0 Å². The summed E-state index contributed by atoms with van der Waals surface area (Å²) < 4.78 is 6.44. The van der Waals surface area contributed by atoms with Crippen molar-refractivity contribution >= 4 is 5.97 Å². The molecule has 90 valence electrons. The first kappa shape index (κ1) is 12.7. The molecule has 0 bridgehead atoms. The van der Waals surface area contributed by atoms with Crippen LogP contribution < -0.4 is 0 Å². The maximum atomic E-state index is 11.3. The molecule has 1 N–H and O–H groups in total. The largest absolute Gasteiger partial charge is 0.467 e. The summed E-state index contributed by atoms with van der Waals surface area (Å²) in [4.78, 5) is 15.5. The lowest BCUT2D eigenvalue weighted by Gasteiger charge is -2.28. The lowest BCUT2D eigenvalue weighted by molar-refractivity contribution is -0.154. The number of rotatable bonds is 4. The molecule has 0 aromatic carbocycles. The van der Waals surface area contributed by atoms with Crippen molar-refractivity contribution in [1.29, 1.82) is 0 Å². The van der Waals surface area contributed by atoms with Gasteiger partial charge in [-0.05, 0) is 20.8 Å². The monoisotopic (exact) mass is 226 g/mol. The number of ether oxygens (including phenoxy) is 1. The summed E-state index contributed by atoms with van der Waals surface area (Å²) in [5, 5.41) is 9.91. The molecule has 0 radical (unpaired) electrons. The van der Waals surface area contributed by atoms with Gasteiger partial charge in [0, 0.05) is 18.9 Å². The van der Waals surface area contributed by atoms with Crippen LogP contribution in [0.5, 0.6) is 0 Å². The van der Waals surface area contributed by atoms with E-state index in [0.29, 0.717) is 5.82 Å². The van der Waals surface area contributed by atoms with Gasteiger partial charge in [0.15, 0.2) is 6.10 Å². The van der Waals surface area contributed by atoms with E-state index in [4.69, 9.17) is 0 Å². The molecule has 1 aromatic heterocycles. The van der Waals surface area contributed by atoms with Gasteiger partial charge in [0.05, 0.1) is 12.5 Å². The Labute approximate surface area is 95.1 Å². The standard InChI is InChI=1S/C11H18N2O3/c1-5-13-7-6-12-10(13)11(2,3)8(14)9(15)16-4/h6-8,14H,5H2,1-4H3. The SMILES string of the molecule is CCn1ccnc1C(C)(C)C(O)C(=O)OC. The highest BCUT2D eigenvalue weighted by molar-refractivity contribution is 5.76. The van der Waals surface area contributed by atoms with E-state index in [9.17, 15) is 9.90 Å². The molecule has 16 heavy (non-hydrogen) atoms. The number of imidazole rings is 1. The predicted octanol–water partition coefficient (Wildman–Crippen LogP) is 0.714. The number of esters is 1. The highest BCUT2D eigenvalue weighted by Gasteiger charge is 2.39. The van der Waals surface area contributed by atoms with Gasteiger partial charge in [0.25, 0.3) is 0 Å². The van der Waals surface area contributed by atoms with Gasteiger partial charge in [-0.3, -0.25) is 0 Å². The molecule has 0 spiro atoms. The Morgan fingerprint density at radius 3 is 2.81 bits per heavy atom. The zero-order valence-electron chi connectivity index (χ0n) is 10.1. The van der Waals surface area contributed by atoms with Crippen LogP contribution in [0.15, 0.2) is 12.4 Å². The molecule has 1 heterocycles. The van der Waals surface area contributed by atoms with E-state index in [1.165, 1.54) is 7.11 Å². The number of aliphatic hydroxyl groups is 1. The lowest BCUT2D eigenvalue weighted by Crippen LogP contribution is -2.42. The second kappa shape index (κ2) is 4.65. The van der Waals surface area contributed by atoms with Crippen LogP contribution in [0.1, 0.15) is 26.6 Å². The van der Waals surface area contributed by atoms with Crippen LogP contribution >= 0.6 is 0 Å². The van der Waals surface area contributed by atoms with E-state index >= 15 is 0 Å². The van der Waals surface area contributed by atoms with E-state index < -0.39 is 17.5 Å². The average Bonchev–Trinajstić information content (AvgIpc) is 2.75. The molecule has 5 nitrogen and oxygen atoms in total. The highest BCUT2D eigenvalue weighted by atomic mass is 16.5. The quantitative estimate of drug-likeness (QED) is 0.768. The van der Waals surface area contributed by atoms with Crippen molar-refractivity contribution in [1.82, 2.24) is 9.55 Å². The van der Waals surface area contributed by atoms with Gasteiger partial charge in [-0.25, -0.2) is 9.78 Å². The summed E-state index contributed by atoms with van der Waals surface area (Å²) in [5.41, 5.74) is -0.771. The Bertz CT molecular complexity index is 371. The summed E-state index contributed by atoms with van der Waals surface area (Å²) in [6, 6.07) is 0. The van der Waals surface area contributed by atoms with Crippen molar-refractivity contribution in [2.75, 3.05) is 7.11 Å². The first-order valence-electron chi connectivity index (χ1n) is 5.22. The molecule has 0 aliphatic rings. The Balaban J connectivity index is 3.05. The van der Waals surface area contributed by atoms with Crippen molar-refractivity contribution in [3.05, 3.63) is 18.2 Å². The zero-order valence-corrected chi connectivity index (χ0v) is 10.1. The summed E-state index contributed by atoms with van der Waals surface area (Å²) in [5.74, 6) is 0.0311. The third-order valence-electron chi connectivity index (χ3n) is 2.74. The second-order valence-electron chi connectivity index (χ2n) is 4.18. The molecular formula is C11H18N2O3. The van der Waals surface area contributed by atoms with Crippen LogP contribution in [0.2, 0.25) is 0 Å². The van der Waals surface area contributed by atoms with Crippen molar-refractivity contribution < 1.29 is 14.6 Å². The molecule has 0 aliphatic carbocycles. The van der Waals surface area contributed by atoms with Gasteiger partial charge in [-0.1, -0.05) is 0 Å². The summed E-state index contributed by atoms with van der Waals surface area (Å²) in [6.07, 6.45) is 2.26. The van der Waals surface area contributed by atoms with Crippen molar-refractivity contribution in [3.63, 3.8) is 0 Å². The highest BCUT2D eigenvalue weighted by Crippen LogP contribution is 2.26. The molecule has 1 aromatic rings.